The number of carbonyl (C=O) groups excluding carboxylic acids is 2. The Morgan fingerprint density at radius 2 is 1.54 bits per heavy atom. The monoisotopic (exact) mass is 617 g/mol. The van der Waals surface area contributed by atoms with Crippen LogP contribution in [0.4, 0.5) is 5.69 Å². The molecule has 0 aromatic heterocycles. The number of aryl methyl sites for hydroxylation is 2. The third-order valence-electron chi connectivity index (χ3n) is 6.56. The van der Waals surface area contributed by atoms with Crippen LogP contribution in [0.3, 0.4) is 0 Å². The number of nitrogens with one attached hydrogen (secondary N) is 1. The van der Waals surface area contributed by atoms with Crippen LogP contribution < -0.4 is 9.62 Å². The number of anilines is 1. The Morgan fingerprint density at radius 3 is 2.10 bits per heavy atom. The van der Waals surface area contributed by atoms with Crippen LogP contribution in [0.1, 0.15) is 43.0 Å². The molecule has 0 saturated heterocycles. The lowest BCUT2D eigenvalue weighted by Gasteiger charge is -2.35. The summed E-state index contributed by atoms with van der Waals surface area (Å²) in [5.41, 5.74) is 3.19. The number of benzene rings is 3. The van der Waals surface area contributed by atoms with Crippen molar-refractivity contribution in [3.8, 4) is 0 Å². The number of halogens is 2. The zero-order chi connectivity index (χ0) is 30.5. The van der Waals surface area contributed by atoms with Gasteiger partial charge in [0.05, 0.1) is 22.0 Å². The Hall–Kier alpha value is -3.07. The smallest absolute Gasteiger partial charge is 0.244 e. The van der Waals surface area contributed by atoms with Crippen molar-refractivity contribution in [2.45, 2.75) is 59.2 Å². The van der Waals surface area contributed by atoms with Crippen molar-refractivity contribution in [3.63, 3.8) is 0 Å². The van der Waals surface area contributed by atoms with Gasteiger partial charge in [0.2, 0.25) is 21.8 Å². The molecule has 1 atom stereocenters. The van der Waals surface area contributed by atoms with E-state index in [-0.39, 0.29) is 18.9 Å². The van der Waals surface area contributed by atoms with Gasteiger partial charge in [-0.2, -0.15) is 0 Å². The molecule has 3 aromatic rings. The summed E-state index contributed by atoms with van der Waals surface area (Å²) in [7, 11) is -3.85. The van der Waals surface area contributed by atoms with E-state index in [1.165, 1.54) is 4.90 Å². The maximum atomic E-state index is 14.2. The van der Waals surface area contributed by atoms with Crippen molar-refractivity contribution in [2.75, 3.05) is 17.1 Å². The largest absolute Gasteiger partial charge is 0.350 e. The number of hydrogen-bond donors (Lipinski definition) is 1. The summed E-state index contributed by atoms with van der Waals surface area (Å²) in [6, 6.07) is 18.7. The van der Waals surface area contributed by atoms with Crippen LogP contribution in [0.2, 0.25) is 10.0 Å². The highest BCUT2D eigenvalue weighted by Crippen LogP contribution is 2.26. The molecular weight excluding hydrogens is 581 g/mol. The first-order valence-electron chi connectivity index (χ1n) is 13.2. The molecule has 3 aromatic carbocycles. The van der Waals surface area contributed by atoms with Gasteiger partial charge < -0.3 is 10.2 Å². The number of rotatable bonds is 10. The van der Waals surface area contributed by atoms with Gasteiger partial charge in [0.1, 0.15) is 12.6 Å². The van der Waals surface area contributed by atoms with Gasteiger partial charge in [0, 0.05) is 18.5 Å². The lowest BCUT2D eigenvalue weighted by atomic mass is 10.0. The summed E-state index contributed by atoms with van der Waals surface area (Å²) in [5, 5.41) is 3.67. The molecule has 2 amide bonds. The number of carbonyl (C=O) groups is 2. The van der Waals surface area contributed by atoms with Crippen molar-refractivity contribution in [1.82, 2.24) is 10.2 Å². The predicted octanol–water partition coefficient (Wildman–Crippen LogP) is 5.93. The first-order valence-corrected chi connectivity index (χ1v) is 15.8. The van der Waals surface area contributed by atoms with Gasteiger partial charge in [-0.1, -0.05) is 65.7 Å². The molecule has 10 heteroatoms. The summed E-state index contributed by atoms with van der Waals surface area (Å²) in [5.74, 6) is -0.892. The van der Waals surface area contributed by atoms with E-state index in [1.807, 2.05) is 71.0 Å². The van der Waals surface area contributed by atoms with Crippen LogP contribution in [-0.2, 0) is 32.6 Å². The van der Waals surface area contributed by atoms with Crippen molar-refractivity contribution in [3.05, 3.63) is 99.0 Å². The van der Waals surface area contributed by atoms with Gasteiger partial charge in [-0.25, -0.2) is 8.42 Å². The molecule has 0 bridgehead atoms. The molecule has 220 valence electrons. The van der Waals surface area contributed by atoms with Crippen molar-refractivity contribution < 1.29 is 18.0 Å². The molecule has 1 N–H and O–H groups in total. The third-order valence-corrected chi connectivity index (χ3v) is 8.44. The van der Waals surface area contributed by atoms with E-state index < -0.39 is 34.1 Å². The van der Waals surface area contributed by atoms with Crippen LogP contribution >= 0.6 is 23.2 Å². The maximum absolute atomic E-state index is 14.2. The molecule has 41 heavy (non-hydrogen) atoms. The first kappa shape index (κ1) is 32.4. The Bertz CT molecular complexity index is 1510. The van der Waals surface area contributed by atoms with Crippen LogP contribution in [0.15, 0.2) is 66.7 Å². The van der Waals surface area contributed by atoms with Gasteiger partial charge in [0.15, 0.2) is 0 Å². The predicted molar refractivity (Wildman–Crippen MR) is 167 cm³/mol. The van der Waals surface area contributed by atoms with Crippen molar-refractivity contribution in [2.24, 2.45) is 0 Å². The van der Waals surface area contributed by atoms with Crippen LogP contribution in [0, 0.1) is 13.8 Å². The molecule has 0 spiro atoms. The highest BCUT2D eigenvalue weighted by Gasteiger charge is 2.34. The van der Waals surface area contributed by atoms with Gasteiger partial charge in [0.25, 0.3) is 0 Å². The Balaban J connectivity index is 2.10. The lowest BCUT2D eigenvalue weighted by Crippen LogP contribution is -2.56. The van der Waals surface area contributed by atoms with Crippen molar-refractivity contribution >= 4 is 50.7 Å². The van der Waals surface area contributed by atoms with E-state index in [9.17, 15) is 18.0 Å². The maximum Gasteiger partial charge on any atom is 0.244 e. The Morgan fingerprint density at radius 1 is 0.878 bits per heavy atom. The molecule has 0 radical (unpaired) electrons. The van der Waals surface area contributed by atoms with E-state index in [4.69, 9.17) is 23.2 Å². The zero-order valence-corrected chi connectivity index (χ0v) is 26.6. The van der Waals surface area contributed by atoms with E-state index in [0.29, 0.717) is 21.3 Å². The summed E-state index contributed by atoms with van der Waals surface area (Å²) in [6.07, 6.45) is 1.28. The minimum atomic E-state index is -3.85. The molecule has 3 rings (SSSR count). The number of hydrogen-bond acceptors (Lipinski definition) is 4. The average Bonchev–Trinajstić information content (AvgIpc) is 2.87. The molecule has 7 nitrogen and oxygen atoms in total. The highest BCUT2D eigenvalue weighted by atomic mass is 35.5. The van der Waals surface area contributed by atoms with E-state index in [0.717, 1.165) is 27.3 Å². The van der Waals surface area contributed by atoms with E-state index >= 15 is 0 Å². The van der Waals surface area contributed by atoms with Crippen LogP contribution in [-0.4, -0.2) is 49.5 Å². The molecule has 0 aliphatic rings. The Labute approximate surface area is 253 Å². The molecule has 0 aliphatic heterocycles. The topological polar surface area (TPSA) is 86.8 Å². The molecular formula is C31H37Cl2N3O4S. The highest BCUT2D eigenvalue weighted by molar-refractivity contribution is 7.92. The van der Waals surface area contributed by atoms with Gasteiger partial charge in [-0.3, -0.25) is 13.9 Å². The molecule has 0 aliphatic carbocycles. The van der Waals surface area contributed by atoms with E-state index in [2.05, 4.69) is 5.32 Å². The second kappa shape index (κ2) is 13.3. The van der Waals surface area contributed by atoms with Gasteiger partial charge in [-0.15, -0.1) is 0 Å². The van der Waals surface area contributed by atoms with Crippen molar-refractivity contribution in [1.29, 1.82) is 0 Å². The fourth-order valence-electron chi connectivity index (χ4n) is 4.34. The summed E-state index contributed by atoms with van der Waals surface area (Å²) < 4.78 is 27.0. The average molecular weight is 619 g/mol. The standard InChI is InChI=1S/C31H37Cl2N3O4S/c1-21-12-14-25(16-22(21)2)36(41(6,39)40)20-29(37)35(19-24-13-15-26(32)27(33)17-24)28(30(38)34-31(3,4)5)18-23-10-8-7-9-11-23/h7-17,28H,18-20H2,1-6H3,(H,34,38)/t28-/m1/s1. The Kier molecular flexibility index (Phi) is 10.5. The van der Waals surface area contributed by atoms with Crippen LogP contribution in [0.5, 0.6) is 0 Å². The molecule has 0 unspecified atom stereocenters. The quantitative estimate of drug-likeness (QED) is 0.305. The lowest BCUT2D eigenvalue weighted by molar-refractivity contribution is -0.140. The number of sulfonamides is 1. The van der Waals surface area contributed by atoms with Crippen LogP contribution in [0.25, 0.3) is 0 Å². The normalized spacial score (nSPS) is 12.5. The molecule has 0 fully saturated rings. The first-order chi connectivity index (χ1) is 19.0. The minimum absolute atomic E-state index is 0.00924. The molecule has 0 saturated carbocycles. The van der Waals surface area contributed by atoms with Gasteiger partial charge >= 0.3 is 0 Å². The summed E-state index contributed by atoms with van der Waals surface area (Å²) in [4.78, 5) is 29.4. The SMILES string of the molecule is Cc1ccc(N(CC(=O)N(Cc2ccc(Cl)c(Cl)c2)[C@H](Cc2ccccc2)C(=O)NC(C)(C)C)S(C)(=O)=O)cc1C. The number of amides is 2. The summed E-state index contributed by atoms with van der Waals surface area (Å²) in [6.45, 7) is 8.91. The second-order valence-corrected chi connectivity index (χ2v) is 14.0. The minimum Gasteiger partial charge on any atom is -0.350 e. The fraction of sp³-hybridized carbons (Fsp3) is 0.355. The zero-order valence-electron chi connectivity index (χ0n) is 24.2. The fourth-order valence-corrected chi connectivity index (χ4v) is 5.50. The van der Waals surface area contributed by atoms with Gasteiger partial charge in [-0.05, 0) is 81.1 Å². The summed E-state index contributed by atoms with van der Waals surface area (Å²) >= 11 is 12.4. The third kappa shape index (κ3) is 9.21. The number of nitrogens with zero attached hydrogens (tertiary/aromatic N) is 2. The second-order valence-electron chi connectivity index (χ2n) is 11.3. The molecule has 0 heterocycles. The van der Waals surface area contributed by atoms with E-state index in [1.54, 1.807) is 30.3 Å².